The number of carbonyl (C=O) groups excluding carboxylic acids is 1. The van der Waals surface area contributed by atoms with E-state index >= 15 is 0 Å². The van der Waals surface area contributed by atoms with Crippen LogP contribution in [0.25, 0.3) is 17.0 Å². The van der Waals surface area contributed by atoms with Crippen molar-refractivity contribution in [1.29, 1.82) is 0 Å². The molecule has 0 saturated heterocycles. The average Bonchev–Trinajstić information content (AvgIpc) is 2.76. The fourth-order valence-electron chi connectivity index (χ4n) is 2.72. The molecule has 0 radical (unpaired) electrons. The zero-order valence-corrected chi connectivity index (χ0v) is 15.9. The number of fused-ring (bicyclic) bond motifs is 1. The van der Waals surface area contributed by atoms with Crippen molar-refractivity contribution in [3.05, 3.63) is 84.3 Å². The second-order valence-electron chi connectivity index (χ2n) is 6.29. The van der Waals surface area contributed by atoms with E-state index in [1.54, 1.807) is 6.08 Å². The quantitative estimate of drug-likeness (QED) is 0.374. The fraction of sp³-hybridized carbons (Fsp3) is 0.0455. The Morgan fingerprint density at radius 2 is 1.73 bits per heavy atom. The van der Waals surface area contributed by atoms with Crippen LogP contribution in [0.15, 0.2) is 72.8 Å². The summed E-state index contributed by atoms with van der Waals surface area (Å²) in [6, 6.07) is 20.9. The third kappa shape index (κ3) is 4.93. The maximum absolute atomic E-state index is 12.1. The van der Waals surface area contributed by atoms with Gasteiger partial charge in [-0.3, -0.25) is 0 Å². The van der Waals surface area contributed by atoms with E-state index in [4.69, 9.17) is 10.5 Å². The molecule has 3 N–H and O–H groups in total. The lowest BCUT2D eigenvalue weighted by Crippen LogP contribution is -2.10. The molecule has 30 heavy (non-hydrogen) atoms. The number of carbonyl (C=O) groups is 1. The van der Waals surface area contributed by atoms with Gasteiger partial charge >= 0.3 is 5.97 Å². The number of esters is 1. The van der Waals surface area contributed by atoms with Crippen molar-refractivity contribution in [2.75, 3.05) is 11.1 Å². The molecule has 0 aliphatic heterocycles. The molecule has 148 valence electrons. The predicted octanol–water partition coefficient (Wildman–Crippen LogP) is 3.50. The van der Waals surface area contributed by atoms with E-state index in [1.165, 1.54) is 6.08 Å². The van der Waals surface area contributed by atoms with Crippen molar-refractivity contribution >= 4 is 40.5 Å². The SMILES string of the molecule is Nc1nc(COC(=O)/C=C/c2ccc3ccccc3n2)nc(Nc2ccccc2)n1. The highest BCUT2D eigenvalue weighted by molar-refractivity contribution is 5.87. The summed E-state index contributed by atoms with van der Waals surface area (Å²) in [5, 5.41) is 4.06. The van der Waals surface area contributed by atoms with Crippen molar-refractivity contribution in [1.82, 2.24) is 19.9 Å². The van der Waals surface area contributed by atoms with Crippen molar-refractivity contribution in [3.8, 4) is 0 Å². The van der Waals surface area contributed by atoms with Crippen LogP contribution in [0.3, 0.4) is 0 Å². The number of nitrogen functional groups attached to an aromatic ring is 1. The van der Waals surface area contributed by atoms with Crippen LogP contribution >= 0.6 is 0 Å². The third-order valence-electron chi connectivity index (χ3n) is 4.08. The number of hydrogen-bond acceptors (Lipinski definition) is 8. The lowest BCUT2D eigenvalue weighted by molar-refractivity contribution is -0.139. The zero-order valence-electron chi connectivity index (χ0n) is 15.9. The van der Waals surface area contributed by atoms with Gasteiger partial charge in [0.15, 0.2) is 12.4 Å². The molecule has 0 atom stereocenters. The van der Waals surface area contributed by atoms with E-state index in [0.717, 1.165) is 16.6 Å². The lowest BCUT2D eigenvalue weighted by Gasteiger charge is -2.07. The van der Waals surface area contributed by atoms with Crippen LogP contribution in [-0.2, 0) is 16.1 Å². The Morgan fingerprint density at radius 3 is 2.60 bits per heavy atom. The van der Waals surface area contributed by atoms with Crippen LogP contribution < -0.4 is 11.1 Å². The highest BCUT2D eigenvalue weighted by Gasteiger charge is 2.07. The van der Waals surface area contributed by atoms with Crippen LogP contribution in [-0.4, -0.2) is 25.9 Å². The van der Waals surface area contributed by atoms with Crippen molar-refractivity contribution < 1.29 is 9.53 Å². The number of pyridine rings is 1. The standard InChI is InChI=1S/C22H18N6O2/c23-21-26-19(27-22(28-21)25-16-7-2-1-3-8-16)14-30-20(29)13-12-17-11-10-15-6-4-5-9-18(15)24-17/h1-13H,14H2,(H3,23,25,26,27,28)/b13-12+. The molecule has 0 amide bonds. The van der Waals surface area contributed by atoms with Gasteiger partial charge in [-0.05, 0) is 30.3 Å². The van der Waals surface area contributed by atoms with Crippen LogP contribution in [0.4, 0.5) is 17.6 Å². The van der Waals surface area contributed by atoms with Gasteiger partial charge in [0.1, 0.15) is 0 Å². The number of anilines is 3. The topological polar surface area (TPSA) is 116 Å². The Bertz CT molecular complexity index is 1210. The van der Waals surface area contributed by atoms with E-state index in [-0.39, 0.29) is 24.3 Å². The van der Waals surface area contributed by atoms with E-state index in [1.807, 2.05) is 66.7 Å². The molecule has 0 aliphatic carbocycles. The number of aromatic nitrogens is 4. The van der Waals surface area contributed by atoms with Gasteiger partial charge in [-0.15, -0.1) is 0 Å². The normalized spacial score (nSPS) is 10.9. The number of benzene rings is 2. The van der Waals surface area contributed by atoms with Gasteiger partial charge in [-0.2, -0.15) is 15.0 Å². The molecule has 2 aromatic heterocycles. The summed E-state index contributed by atoms with van der Waals surface area (Å²) in [5.74, 6) is 0.00839. The van der Waals surface area contributed by atoms with Crippen molar-refractivity contribution in [2.24, 2.45) is 0 Å². The molecule has 4 aromatic rings. The van der Waals surface area contributed by atoms with Crippen molar-refractivity contribution in [3.63, 3.8) is 0 Å². The molecule has 4 rings (SSSR count). The summed E-state index contributed by atoms with van der Waals surface area (Å²) in [4.78, 5) is 28.8. The lowest BCUT2D eigenvalue weighted by atomic mass is 10.2. The number of para-hydroxylation sites is 2. The molecule has 2 aromatic carbocycles. The first-order valence-corrected chi connectivity index (χ1v) is 9.19. The molecule has 0 saturated carbocycles. The minimum Gasteiger partial charge on any atom is -0.454 e. The molecule has 8 nitrogen and oxygen atoms in total. The Labute approximate surface area is 172 Å². The molecule has 2 heterocycles. The number of nitrogens with one attached hydrogen (secondary N) is 1. The minimum absolute atomic E-state index is 0.0328. The van der Waals surface area contributed by atoms with Gasteiger partial charge in [-0.1, -0.05) is 42.5 Å². The Balaban J connectivity index is 1.38. The average molecular weight is 398 g/mol. The minimum atomic E-state index is -0.540. The molecule has 8 heteroatoms. The molecular weight excluding hydrogens is 380 g/mol. The smallest absolute Gasteiger partial charge is 0.331 e. The first-order chi connectivity index (χ1) is 14.7. The largest absolute Gasteiger partial charge is 0.454 e. The van der Waals surface area contributed by atoms with Crippen LogP contribution in [0.1, 0.15) is 11.5 Å². The van der Waals surface area contributed by atoms with Gasteiger partial charge in [0, 0.05) is 17.1 Å². The Kier molecular flexibility index (Phi) is 5.56. The summed E-state index contributed by atoms with van der Waals surface area (Å²) in [6.07, 6.45) is 2.91. The van der Waals surface area contributed by atoms with Crippen LogP contribution in [0.5, 0.6) is 0 Å². The van der Waals surface area contributed by atoms with Crippen molar-refractivity contribution in [2.45, 2.75) is 6.61 Å². The van der Waals surface area contributed by atoms with Gasteiger partial charge < -0.3 is 15.8 Å². The third-order valence-corrected chi connectivity index (χ3v) is 4.08. The van der Waals surface area contributed by atoms with Gasteiger partial charge in [0.05, 0.1) is 11.2 Å². The van der Waals surface area contributed by atoms with Gasteiger partial charge in [0.2, 0.25) is 11.9 Å². The maximum Gasteiger partial charge on any atom is 0.331 e. The molecule has 0 fully saturated rings. The van der Waals surface area contributed by atoms with E-state index in [2.05, 4.69) is 25.3 Å². The summed E-state index contributed by atoms with van der Waals surface area (Å²) < 4.78 is 5.21. The van der Waals surface area contributed by atoms with Gasteiger partial charge in [0.25, 0.3) is 0 Å². The summed E-state index contributed by atoms with van der Waals surface area (Å²) in [7, 11) is 0. The van der Waals surface area contributed by atoms with E-state index < -0.39 is 5.97 Å². The van der Waals surface area contributed by atoms with Gasteiger partial charge in [-0.25, -0.2) is 9.78 Å². The Hall–Kier alpha value is -4.33. The van der Waals surface area contributed by atoms with E-state index in [9.17, 15) is 4.79 Å². The second kappa shape index (κ2) is 8.78. The monoisotopic (exact) mass is 398 g/mol. The number of nitrogens with zero attached hydrogens (tertiary/aromatic N) is 4. The molecule has 0 bridgehead atoms. The first kappa shape index (κ1) is 19.0. The molecule has 0 spiro atoms. The highest BCUT2D eigenvalue weighted by atomic mass is 16.5. The van der Waals surface area contributed by atoms with Crippen LogP contribution in [0.2, 0.25) is 0 Å². The first-order valence-electron chi connectivity index (χ1n) is 9.19. The molecular formula is C22H18N6O2. The summed E-state index contributed by atoms with van der Waals surface area (Å²) >= 11 is 0. The molecule has 0 unspecified atom stereocenters. The number of hydrogen-bond donors (Lipinski definition) is 2. The summed E-state index contributed by atoms with van der Waals surface area (Å²) in [6.45, 7) is -0.134. The van der Waals surface area contributed by atoms with Crippen LogP contribution in [0, 0.1) is 0 Å². The predicted molar refractivity (Wildman–Crippen MR) is 115 cm³/mol. The Morgan fingerprint density at radius 1 is 0.933 bits per heavy atom. The second-order valence-corrected chi connectivity index (χ2v) is 6.29. The fourth-order valence-corrected chi connectivity index (χ4v) is 2.72. The molecule has 0 aliphatic rings. The highest BCUT2D eigenvalue weighted by Crippen LogP contribution is 2.14. The number of nitrogens with two attached hydrogens (primary N) is 1. The zero-order chi connectivity index (χ0) is 20.8. The maximum atomic E-state index is 12.1. The summed E-state index contributed by atoms with van der Waals surface area (Å²) in [5.41, 5.74) is 8.05. The number of ether oxygens (including phenoxy) is 1. The van der Waals surface area contributed by atoms with E-state index in [0.29, 0.717) is 5.69 Å². The number of rotatable bonds is 6.